The van der Waals surface area contributed by atoms with Gasteiger partial charge in [0.15, 0.2) is 0 Å². The van der Waals surface area contributed by atoms with Gasteiger partial charge in [0.2, 0.25) is 0 Å². The zero-order chi connectivity index (χ0) is 16.4. The van der Waals surface area contributed by atoms with Crippen LogP contribution in [0.1, 0.15) is 28.3 Å². The Labute approximate surface area is 148 Å². The monoisotopic (exact) mass is 348 g/mol. The summed E-state index contributed by atoms with van der Waals surface area (Å²) >= 11 is 12.4. The predicted octanol–water partition coefficient (Wildman–Crippen LogP) is 4.60. The number of piperazine rings is 1. The molecule has 4 heteroatoms. The minimum atomic E-state index is 0.215. The van der Waals surface area contributed by atoms with E-state index in [1.807, 2.05) is 12.1 Å². The zero-order valence-electron chi connectivity index (χ0n) is 13.6. The van der Waals surface area contributed by atoms with E-state index in [-0.39, 0.29) is 6.04 Å². The summed E-state index contributed by atoms with van der Waals surface area (Å²) in [4.78, 5) is 2.52. The lowest BCUT2D eigenvalue weighted by Gasteiger charge is -2.36. The summed E-state index contributed by atoms with van der Waals surface area (Å²) in [6.07, 6.45) is 0. The lowest BCUT2D eigenvalue weighted by Crippen LogP contribution is -2.45. The van der Waals surface area contributed by atoms with E-state index in [4.69, 9.17) is 23.2 Å². The van der Waals surface area contributed by atoms with E-state index in [9.17, 15) is 0 Å². The molecule has 1 N–H and O–H groups in total. The van der Waals surface area contributed by atoms with Crippen LogP contribution in [0.15, 0.2) is 36.4 Å². The standard InChI is InChI=1S/C19H22Cl2N2/c1-13-3-5-16(14(2)11-13)19(23-9-7-22-8-10-23)15-4-6-17(20)18(21)12-15/h3-6,11-12,19,22H,7-10H2,1-2H3. The Hall–Kier alpha value is -1.06. The van der Waals surface area contributed by atoms with E-state index in [2.05, 4.69) is 48.3 Å². The van der Waals surface area contributed by atoms with Crippen LogP contribution in [0.4, 0.5) is 0 Å². The average Bonchev–Trinajstić information content (AvgIpc) is 2.54. The molecule has 1 heterocycles. The van der Waals surface area contributed by atoms with Crippen LogP contribution < -0.4 is 5.32 Å². The lowest BCUT2D eigenvalue weighted by atomic mass is 9.92. The Morgan fingerprint density at radius 1 is 0.957 bits per heavy atom. The molecule has 0 aliphatic carbocycles. The molecule has 0 spiro atoms. The molecule has 0 aromatic heterocycles. The number of nitrogens with zero attached hydrogens (tertiary/aromatic N) is 1. The van der Waals surface area contributed by atoms with Gasteiger partial charge in [0.1, 0.15) is 0 Å². The van der Waals surface area contributed by atoms with E-state index in [0.29, 0.717) is 10.0 Å². The second kappa shape index (κ2) is 7.23. The van der Waals surface area contributed by atoms with Crippen LogP contribution in [0, 0.1) is 13.8 Å². The van der Waals surface area contributed by atoms with Crippen molar-refractivity contribution >= 4 is 23.2 Å². The quantitative estimate of drug-likeness (QED) is 0.871. The van der Waals surface area contributed by atoms with Crippen LogP contribution in [-0.2, 0) is 0 Å². The van der Waals surface area contributed by atoms with Crippen LogP contribution in [0.25, 0.3) is 0 Å². The molecule has 2 nitrogen and oxygen atoms in total. The normalized spacial score (nSPS) is 17.2. The molecule has 1 aliphatic rings. The molecule has 1 saturated heterocycles. The van der Waals surface area contributed by atoms with Gasteiger partial charge in [-0.05, 0) is 42.7 Å². The Balaban J connectivity index is 2.07. The summed E-state index contributed by atoms with van der Waals surface area (Å²) in [6, 6.07) is 12.9. The van der Waals surface area contributed by atoms with E-state index in [0.717, 1.165) is 26.2 Å². The van der Waals surface area contributed by atoms with E-state index in [1.165, 1.54) is 22.3 Å². The maximum absolute atomic E-state index is 6.29. The fraction of sp³-hybridized carbons (Fsp3) is 0.368. The smallest absolute Gasteiger partial charge is 0.0605 e. The van der Waals surface area contributed by atoms with Gasteiger partial charge in [0, 0.05) is 26.2 Å². The van der Waals surface area contributed by atoms with Crippen molar-refractivity contribution in [1.29, 1.82) is 0 Å². The summed E-state index contributed by atoms with van der Waals surface area (Å²) in [5.41, 5.74) is 5.16. The zero-order valence-corrected chi connectivity index (χ0v) is 15.1. The average molecular weight is 349 g/mol. The third kappa shape index (κ3) is 3.72. The van der Waals surface area contributed by atoms with Gasteiger partial charge in [-0.15, -0.1) is 0 Å². The Morgan fingerprint density at radius 3 is 2.35 bits per heavy atom. The van der Waals surface area contributed by atoms with Crippen LogP contribution in [0.5, 0.6) is 0 Å². The van der Waals surface area contributed by atoms with Gasteiger partial charge in [0.25, 0.3) is 0 Å². The largest absolute Gasteiger partial charge is 0.314 e. The van der Waals surface area contributed by atoms with Crippen molar-refractivity contribution in [3.8, 4) is 0 Å². The Bertz CT molecular complexity index is 694. The first-order valence-corrected chi connectivity index (χ1v) is 8.79. The van der Waals surface area contributed by atoms with Crippen molar-refractivity contribution in [2.75, 3.05) is 26.2 Å². The highest BCUT2D eigenvalue weighted by molar-refractivity contribution is 6.42. The highest BCUT2D eigenvalue weighted by atomic mass is 35.5. The third-order valence-corrected chi connectivity index (χ3v) is 5.24. The number of halogens is 2. The highest BCUT2D eigenvalue weighted by Crippen LogP contribution is 2.34. The molecular formula is C19H22Cl2N2. The molecule has 23 heavy (non-hydrogen) atoms. The summed E-state index contributed by atoms with van der Waals surface area (Å²) in [6.45, 7) is 8.41. The van der Waals surface area contributed by atoms with Crippen LogP contribution in [-0.4, -0.2) is 31.1 Å². The molecule has 2 aromatic carbocycles. The van der Waals surface area contributed by atoms with Crippen molar-refractivity contribution < 1.29 is 0 Å². The second-order valence-corrected chi connectivity index (χ2v) is 7.04. The molecule has 3 rings (SSSR count). The molecule has 122 valence electrons. The SMILES string of the molecule is Cc1ccc(C(c2ccc(Cl)c(Cl)c2)N2CCNCC2)c(C)c1. The molecule has 1 unspecified atom stereocenters. The van der Waals surface area contributed by atoms with Gasteiger partial charge in [0.05, 0.1) is 16.1 Å². The number of hydrogen-bond donors (Lipinski definition) is 1. The molecular weight excluding hydrogens is 327 g/mol. The van der Waals surface area contributed by atoms with Crippen LogP contribution in [0.2, 0.25) is 10.0 Å². The van der Waals surface area contributed by atoms with Gasteiger partial charge in [-0.1, -0.05) is 53.0 Å². The van der Waals surface area contributed by atoms with E-state index < -0.39 is 0 Å². The molecule has 0 radical (unpaired) electrons. The minimum absolute atomic E-state index is 0.215. The van der Waals surface area contributed by atoms with Crippen molar-refractivity contribution in [2.45, 2.75) is 19.9 Å². The summed E-state index contributed by atoms with van der Waals surface area (Å²) in [5, 5.41) is 4.65. The first-order chi connectivity index (χ1) is 11.1. The molecule has 1 atom stereocenters. The Kier molecular flexibility index (Phi) is 5.27. The van der Waals surface area contributed by atoms with Gasteiger partial charge >= 0.3 is 0 Å². The van der Waals surface area contributed by atoms with Crippen molar-refractivity contribution in [3.05, 3.63) is 68.7 Å². The van der Waals surface area contributed by atoms with Crippen LogP contribution >= 0.6 is 23.2 Å². The second-order valence-electron chi connectivity index (χ2n) is 6.22. The molecule has 2 aromatic rings. The summed E-state index contributed by atoms with van der Waals surface area (Å²) in [5.74, 6) is 0. The molecule has 0 amide bonds. The summed E-state index contributed by atoms with van der Waals surface area (Å²) in [7, 11) is 0. The lowest BCUT2D eigenvalue weighted by molar-refractivity contribution is 0.198. The number of rotatable bonds is 3. The maximum atomic E-state index is 6.29. The molecule has 0 saturated carbocycles. The number of aryl methyl sites for hydroxylation is 2. The molecule has 0 bridgehead atoms. The number of benzene rings is 2. The first-order valence-electron chi connectivity index (χ1n) is 8.03. The molecule has 1 aliphatic heterocycles. The number of hydrogen-bond acceptors (Lipinski definition) is 2. The molecule has 1 fully saturated rings. The predicted molar refractivity (Wildman–Crippen MR) is 98.7 cm³/mol. The Morgan fingerprint density at radius 2 is 1.70 bits per heavy atom. The van der Waals surface area contributed by atoms with Gasteiger partial charge < -0.3 is 5.32 Å². The van der Waals surface area contributed by atoms with E-state index in [1.54, 1.807) is 0 Å². The maximum Gasteiger partial charge on any atom is 0.0605 e. The minimum Gasteiger partial charge on any atom is -0.314 e. The van der Waals surface area contributed by atoms with Gasteiger partial charge in [-0.3, -0.25) is 4.90 Å². The van der Waals surface area contributed by atoms with Crippen molar-refractivity contribution in [2.24, 2.45) is 0 Å². The van der Waals surface area contributed by atoms with Gasteiger partial charge in [-0.25, -0.2) is 0 Å². The topological polar surface area (TPSA) is 15.3 Å². The highest BCUT2D eigenvalue weighted by Gasteiger charge is 2.25. The van der Waals surface area contributed by atoms with Gasteiger partial charge in [-0.2, -0.15) is 0 Å². The summed E-state index contributed by atoms with van der Waals surface area (Å²) < 4.78 is 0. The first kappa shape index (κ1) is 16.8. The number of nitrogens with one attached hydrogen (secondary N) is 1. The van der Waals surface area contributed by atoms with Crippen LogP contribution in [0.3, 0.4) is 0 Å². The fourth-order valence-corrected chi connectivity index (χ4v) is 3.65. The third-order valence-electron chi connectivity index (χ3n) is 4.50. The van der Waals surface area contributed by atoms with E-state index >= 15 is 0 Å². The van der Waals surface area contributed by atoms with Crippen molar-refractivity contribution in [1.82, 2.24) is 10.2 Å². The van der Waals surface area contributed by atoms with Crippen molar-refractivity contribution in [3.63, 3.8) is 0 Å². The fourth-order valence-electron chi connectivity index (χ4n) is 3.34.